The minimum atomic E-state index is -0.608. The van der Waals surface area contributed by atoms with Crippen LogP contribution in [-0.4, -0.2) is 23.9 Å². The Kier molecular flexibility index (Phi) is 11.3. The summed E-state index contributed by atoms with van der Waals surface area (Å²) in [6.07, 6.45) is 3.93. The van der Waals surface area contributed by atoms with Gasteiger partial charge in [-0.05, 0) is 127 Å². The summed E-state index contributed by atoms with van der Waals surface area (Å²) < 4.78 is 22.0. The summed E-state index contributed by atoms with van der Waals surface area (Å²) in [6, 6.07) is 31.4. The number of benzene rings is 5. The molecule has 0 aliphatic rings. The van der Waals surface area contributed by atoms with E-state index in [-0.39, 0.29) is 22.6 Å². The number of rotatable bonds is 12. The molecule has 248 valence electrons. The van der Waals surface area contributed by atoms with Gasteiger partial charge in [-0.3, -0.25) is 0 Å². The number of esters is 4. The Morgan fingerprint density at radius 2 is 0.755 bits per heavy atom. The SMILES string of the molecule is CCCc1ccc(C(=O)Oc2ccc(C(=O)Oc3ccc(OC(=O)c4ccc(OC(=O)c5ccc(CCC)cc5)cc4)c(C)c3)cc2)cc1. The maximum atomic E-state index is 12.8. The van der Waals surface area contributed by atoms with Gasteiger partial charge in [0.2, 0.25) is 0 Å². The Morgan fingerprint density at radius 3 is 1.12 bits per heavy atom. The molecule has 0 aliphatic carbocycles. The smallest absolute Gasteiger partial charge is 0.343 e. The molecule has 0 aromatic heterocycles. The Labute approximate surface area is 285 Å². The van der Waals surface area contributed by atoms with Crippen LogP contribution in [0.3, 0.4) is 0 Å². The molecule has 0 unspecified atom stereocenters. The molecular weight excluding hydrogens is 620 g/mol. The van der Waals surface area contributed by atoms with Gasteiger partial charge in [-0.15, -0.1) is 0 Å². The van der Waals surface area contributed by atoms with E-state index in [2.05, 4.69) is 13.8 Å². The number of ether oxygens (including phenoxy) is 4. The summed E-state index contributed by atoms with van der Waals surface area (Å²) in [4.78, 5) is 50.6. The quantitative estimate of drug-likeness (QED) is 0.0970. The van der Waals surface area contributed by atoms with Crippen molar-refractivity contribution in [2.24, 2.45) is 0 Å². The van der Waals surface area contributed by atoms with Gasteiger partial charge in [0.1, 0.15) is 23.0 Å². The zero-order valence-corrected chi connectivity index (χ0v) is 27.6. The second kappa shape index (κ2) is 16.2. The molecule has 5 rings (SSSR count). The molecule has 0 heterocycles. The fourth-order valence-electron chi connectivity index (χ4n) is 4.97. The van der Waals surface area contributed by atoms with Crippen molar-refractivity contribution in [3.8, 4) is 23.0 Å². The molecule has 0 N–H and O–H groups in total. The predicted molar refractivity (Wildman–Crippen MR) is 185 cm³/mol. The van der Waals surface area contributed by atoms with E-state index in [9.17, 15) is 19.2 Å². The lowest BCUT2D eigenvalue weighted by Crippen LogP contribution is -2.11. The van der Waals surface area contributed by atoms with Gasteiger partial charge in [-0.2, -0.15) is 0 Å². The average molecular weight is 657 g/mol. The Morgan fingerprint density at radius 1 is 0.429 bits per heavy atom. The number of aryl methyl sites for hydroxylation is 3. The van der Waals surface area contributed by atoms with Crippen LogP contribution in [0.5, 0.6) is 23.0 Å². The topological polar surface area (TPSA) is 105 Å². The highest BCUT2D eigenvalue weighted by atomic mass is 16.5. The number of carbonyl (C=O) groups is 4. The van der Waals surface area contributed by atoms with Gasteiger partial charge in [0.15, 0.2) is 0 Å². The van der Waals surface area contributed by atoms with E-state index in [1.807, 2.05) is 24.3 Å². The maximum Gasteiger partial charge on any atom is 0.343 e. The van der Waals surface area contributed by atoms with Gasteiger partial charge in [0.05, 0.1) is 22.3 Å². The predicted octanol–water partition coefficient (Wildman–Crippen LogP) is 8.78. The van der Waals surface area contributed by atoms with Gasteiger partial charge >= 0.3 is 23.9 Å². The molecule has 49 heavy (non-hydrogen) atoms. The molecule has 8 heteroatoms. The van der Waals surface area contributed by atoms with Crippen molar-refractivity contribution >= 4 is 23.9 Å². The molecule has 0 fully saturated rings. The molecule has 5 aromatic carbocycles. The van der Waals surface area contributed by atoms with Gasteiger partial charge in [0.25, 0.3) is 0 Å². The highest BCUT2D eigenvalue weighted by molar-refractivity contribution is 5.94. The van der Waals surface area contributed by atoms with Gasteiger partial charge in [-0.1, -0.05) is 51.0 Å². The van der Waals surface area contributed by atoms with Crippen LogP contribution in [0, 0.1) is 6.92 Å². The third-order valence-corrected chi connectivity index (χ3v) is 7.62. The molecule has 0 atom stereocenters. The average Bonchev–Trinajstić information content (AvgIpc) is 3.11. The standard InChI is InChI=1S/C41H36O8/c1-4-6-28-8-12-30(13-9-28)38(42)46-34-20-16-32(17-21-34)40(44)48-36-24-25-37(27(3)26-36)49-41(45)33-18-22-35(23-19-33)47-39(43)31-14-10-29(7-5-2)11-15-31/h8-26H,4-7H2,1-3H3. The molecule has 0 spiro atoms. The third kappa shape index (κ3) is 9.29. The second-order valence-electron chi connectivity index (χ2n) is 11.4. The lowest BCUT2D eigenvalue weighted by molar-refractivity contribution is 0.0715. The monoisotopic (exact) mass is 656 g/mol. The fourth-order valence-corrected chi connectivity index (χ4v) is 4.97. The van der Waals surface area contributed by atoms with Crippen LogP contribution in [-0.2, 0) is 12.8 Å². The van der Waals surface area contributed by atoms with Crippen LogP contribution in [0.25, 0.3) is 0 Å². The van der Waals surface area contributed by atoms with Crippen LogP contribution in [0.2, 0.25) is 0 Å². The summed E-state index contributed by atoms with van der Waals surface area (Å²) in [5.74, 6) is -1.05. The highest BCUT2D eigenvalue weighted by Crippen LogP contribution is 2.26. The highest BCUT2D eigenvalue weighted by Gasteiger charge is 2.16. The van der Waals surface area contributed by atoms with E-state index in [0.717, 1.165) is 36.8 Å². The first kappa shape index (κ1) is 34.3. The first-order chi connectivity index (χ1) is 23.7. The van der Waals surface area contributed by atoms with Crippen molar-refractivity contribution in [1.82, 2.24) is 0 Å². The third-order valence-electron chi connectivity index (χ3n) is 7.62. The molecule has 0 radical (unpaired) electrons. The lowest BCUT2D eigenvalue weighted by atomic mass is 10.1. The molecule has 0 bridgehead atoms. The molecule has 0 amide bonds. The molecular formula is C41H36O8. The normalized spacial score (nSPS) is 10.6. The molecule has 0 saturated carbocycles. The maximum absolute atomic E-state index is 12.8. The molecule has 8 nitrogen and oxygen atoms in total. The van der Waals surface area contributed by atoms with E-state index < -0.39 is 23.9 Å². The molecule has 5 aromatic rings. The summed E-state index contributed by atoms with van der Waals surface area (Å²) >= 11 is 0. The molecule has 0 saturated heterocycles. The van der Waals surface area contributed by atoms with Crippen LogP contribution < -0.4 is 18.9 Å². The zero-order chi connectivity index (χ0) is 34.8. The summed E-state index contributed by atoms with van der Waals surface area (Å²) in [7, 11) is 0. The van der Waals surface area contributed by atoms with Crippen LogP contribution in [0.4, 0.5) is 0 Å². The van der Waals surface area contributed by atoms with E-state index in [1.54, 1.807) is 37.3 Å². The summed E-state index contributed by atoms with van der Waals surface area (Å²) in [5.41, 5.74) is 4.27. The van der Waals surface area contributed by atoms with Gasteiger partial charge in [-0.25, -0.2) is 19.2 Å². The minimum absolute atomic E-state index is 0.260. The first-order valence-corrected chi connectivity index (χ1v) is 16.1. The summed E-state index contributed by atoms with van der Waals surface area (Å²) in [5, 5.41) is 0. The molecule has 0 aliphatic heterocycles. The van der Waals surface area contributed by atoms with E-state index in [4.69, 9.17) is 18.9 Å². The van der Waals surface area contributed by atoms with Crippen molar-refractivity contribution in [3.63, 3.8) is 0 Å². The van der Waals surface area contributed by atoms with Crippen molar-refractivity contribution in [3.05, 3.63) is 154 Å². The van der Waals surface area contributed by atoms with E-state index in [0.29, 0.717) is 28.2 Å². The first-order valence-electron chi connectivity index (χ1n) is 16.1. The van der Waals surface area contributed by atoms with Crippen LogP contribution >= 0.6 is 0 Å². The van der Waals surface area contributed by atoms with E-state index in [1.165, 1.54) is 60.7 Å². The van der Waals surface area contributed by atoms with Crippen molar-refractivity contribution in [2.75, 3.05) is 0 Å². The van der Waals surface area contributed by atoms with Crippen LogP contribution in [0.1, 0.15) is 84.8 Å². The van der Waals surface area contributed by atoms with E-state index >= 15 is 0 Å². The number of hydrogen-bond acceptors (Lipinski definition) is 8. The Balaban J connectivity index is 1.12. The minimum Gasteiger partial charge on any atom is -0.423 e. The lowest BCUT2D eigenvalue weighted by Gasteiger charge is -2.11. The Bertz CT molecular complexity index is 1920. The number of carbonyl (C=O) groups excluding carboxylic acids is 4. The summed E-state index contributed by atoms with van der Waals surface area (Å²) in [6.45, 7) is 5.91. The second-order valence-corrected chi connectivity index (χ2v) is 11.4. The van der Waals surface area contributed by atoms with Crippen molar-refractivity contribution in [1.29, 1.82) is 0 Å². The zero-order valence-electron chi connectivity index (χ0n) is 27.6. The van der Waals surface area contributed by atoms with Gasteiger partial charge < -0.3 is 18.9 Å². The number of hydrogen-bond donors (Lipinski definition) is 0. The largest absolute Gasteiger partial charge is 0.423 e. The Hall–Kier alpha value is -6.02. The van der Waals surface area contributed by atoms with Crippen molar-refractivity contribution < 1.29 is 38.1 Å². The van der Waals surface area contributed by atoms with Crippen LogP contribution in [0.15, 0.2) is 115 Å². The fraction of sp³-hybridized carbons (Fsp3) is 0.171. The van der Waals surface area contributed by atoms with Gasteiger partial charge in [0, 0.05) is 0 Å². The van der Waals surface area contributed by atoms with Crippen molar-refractivity contribution in [2.45, 2.75) is 46.5 Å².